The van der Waals surface area contributed by atoms with Crippen LogP contribution in [0, 0.1) is 0 Å². The zero-order chi connectivity index (χ0) is 25.3. The summed E-state index contributed by atoms with van der Waals surface area (Å²) in [6, 6.07) is 19.1. The molecule has 0 aliphatic carbocycles. The van der Waals surface area contributed by atoms with E-state index in [9.17, 15) is 9.59 Å². The second kappa shape index (κ2) is 9.54. The highest BCUT2D eigenvalue weighted by Gasteiger charge is 2.47. The zero-order valence-electron chi connectivity index (χ0n) is 20.5. The van der Waals surface area contributed by atoms with E-state index in [1.54, 1.807) is 27.2 Å². The largest absolute Gasteiger partial charge is 0.496 e. The van der Waals surface area contributed by atoms with Crippen LogP contribution < -0.4 is 14.8 Å². The highest BCUT2D eigenvalue weighted by molar-refractivity contribution is 6.04. The fourth-order valence-corrected chi connectivity index (χ4v) is 4.71. The number of ether oxygens (including phenoxy) is 3. The van der Waals surface area contributed by atoms with E-state index < -0.39 is 11.4 Å². The lowest BCUT2D eigenvalue weighted by atomic mass is 9.98. The van der Waals surface area contributed by atoms with Gasteiger partial charge in [-0.1, -0.05) is 42.5 Å². The van der Waals surface area contributed by atoms with Crippen molar-refractivity contribution in [2.24, 2.45) is 0 Å². The number of hydrogen-bond donors (Lipinski definition) is 1. The number of para-hydroxylation sites is 1. The minimum Gasteiger partial charge on any atom is -0.496 e. The molecule has 0 bridgehead atoms. The quantitative estimate of drug-likeness (QED) is 0.420. The van der Waals surface area contributed by atoms with Crippen LogP contribution in [0.4, 0.5) is 0 Å². The molecule has 0 saturated carbocycles. The third kappa shape index (κ3) is 3.93. The number of hydrogen-bond acceptors (Lipinski definition) is 6. The molecule has 1 unspecified atom stereocenters. The van der Waals surface area contributed by atoms with Crippen LogP contribution in [0.3, 0.4) is 0 Å². The Balaban J connectivity index is 1.47. The molecule has 1 aliphatic rings. The Morgan fingerprint density at radius 3 is 2.58 bits per heavy atom. The van der Waals surface area contributed by atoms with Crippen LogP contribution in [0.25, 0.3) is 21.7 Å². The van der Waals surface area contributed by atoms with Gasteiger partial charge in [0.2, 0.25) is 11.7 Å². The van der Waals surface area contributed by atoms with E-state index in [1.807, 2.05) is 54.6 Å². The maximum atomic E-state index is 13.7. The Bertz CT molecular complexity index is 1440. The Labute approximate surface area is 208 Å². The molecule has 1 aromatic heterocycles. The number of methoxy groups -OCH3 is 2. The number of rotatable bonds is 7. The number of fused-ring (bicyclic) bond motifs is 4. The SMILES string of the molecule is COCCN1C(=O)c2oc3ccccc3c2OCC1(C)C(=O)NCc1c(OC)ccc2ccccc12. The summed E-state index contributed by atoms with van der Waals surface area (Å²) in [5, 5.41) is 5.74. The number of nitrogens with zero attached hydrogens (tertiary/aromatic N) is 1. The van der Waals surface area contributed by atoms with Gasteiger partial charge in [-0.25, -0.2) is 0 Å². The summed E-state index contributed by atoms with van der Waals surface area (Å²) >= 11 is 0. The molecule has 8 nitrogen and oxygen atoms in total. The van der Waals surface area contributed by atoms with Gasteiger partial charge in [-0.05, 0) is 35.9 Å². The summed E-state index contributed by atoms with van der Waals surface area (Å²) in [4.78, 5) is 28.9. The molecule has 3 aromatic carbocycles. The first-order valence-corrected chi connectivity index (χ1v) is 11.8. The number of nitrogens with one attached hydrogen (secondary N) is 1. The maximum absolute atomic E-state index is 13.7. The minimum absolute atomic E-state index is 0.0442. The van der Waals surface area contributed by atoms with Crippen molar-refractivity contribution in [3.8, 4) is 11.5 Å². The Morgan fingerprint density at radius 1 is 1.06 bits per heavy atom. The van der Waals surface area contributed by atoms with Gasteiger partial charge < -0.3 is 28.8 Å². The molecule has 2 amide bonds. The molecule has 0 saturated heterocycles. The maximum Gasteiger partial charge on any atom is 0.294 e. The number of carbonyl (C=O) groups is 2. The van der Waals surface area contributed by atoms with Crippen molar-refractivity contribution < 1.29 is 28.2 Å². The smallest absolute Gasteiger partial charge is 0.294 e. The molecule has 36 heavy (non-hydrogen) atoms. The van der Waals surface area contributed by atoms with Crippen molar-refractivity contribution in [3.05, 3.63) is 72.0 Å². The fraction of sp³-hybridized carbons (Fsp3) is 0.286. The third-order valence-electron chi connectivity index (χ3n) is 6.73. The van der Waals surface area contributed by atoms with E-state index in [2.05, 4.69) is 5.32 Å². The number of amides is 2. The van der Waals surface area contributed by atoms with Crippen LogP contribution in [0.1, 0.15) is 23.0 Å². The topological polar surface area (TPSA) is 90.2 Å². The molecule has 1 atom stereocenters. The lowest BCUT2D eigenvalue weighted by molar-refractivity contribution is -0.133. The van der Waals surface area contributed by atoms with Gasteiger partial charge in [-0.3, -0.25) is 9.59 Å². The van der Waals surface area contributed by atoms with Gasteiger partial charge in [-0.15, -0.1) is 0 Å². The van der Waals surface area contributed by atoms with Gasteiger partial charge in [0.05, 0.1) is 19.1 Å². The van der Waals surface area contributed by atoms with Gasteiger partial charge in [-0.2, -0.15) is 0 Å². The van der Waals surface area contributed by atoms with Crippen LogP contribution in [-0.4, -0.2) is 56.2 Å². The summed E-state index contributed by atoms with van der Waals surface area (Å²) in [6.45, 7) is 2.32. The Kier molecular flexibility index (Phi) is 6.28. The normalized spacial score (nSPS) is 17.5. The second-order valence-electron chi connectivity index (χ2n) is 8.92. The predicted octanol–water partition coefficient (Wildman–Crippen LogP) is 4.15. The standard InChI is InChI=1S/C28H28N2O6/c1-28(27(32)29-16-21-19-9-5-4-8-18(19)12-13-22(21)34-3)17-35-24-20-10-6-7-11-23(20)36-25(24)26(31)30(28)14-15-33-2/h4-13H,14-17H2,1-3H3,(H,29,32). The van der Waals surface area contributed by atoms with Crippen molar-refractivity contribution in [1.29, 1.82) is 0 Å². The molecule has 5 rings (SSSR count). The molecular weight excluding hydrogens is 460 g/mol. The molecule has 1 aliphatic heterocycles. The number of carbonyl (C=O) groups excluding carboxylic acids is 2. The van der Waals surface area contributed by atoms with E-state index in [1.165, 1.54) is 4.90 Å². The summed E-state index contributed by atoms with van der Waals surface area (Å²) < 4.78 is 22.8. The summed E-state index contributed by atoms with van der Waals surface area (Å²) in [6.07, 6.45) is 0. The van der Waals surface area contributed by atoms with Crippen LogP contribution >= 0.6 is 0 Å². The first-order chi connectivity index (χ1) is 17.5. The molecule has 0 fully saturated rings. The molecule has 186 valence electrons. The number of benzene rings is 3. The molecule has 0 radical (unpaired) electrons. The minimum atomic E-state index is -1.31. The molecule has 1 N–H and O–H groups in total. The van der Waals surface area contributed by atoms with E-state index >= 15 is 0 Å². The van der Waals surface area contributed by atoms with Gasteiger partial charge in [0.1, 0.15) is 17.9 Å². The Hall–Kier alpha value is -4.04. The van der Waals surface area contributed by atoms with Gasteiger partial charge in [0.15, 0.2) is 11.3 Å². The van der Waals surface area contributed by atoms with Crippen LogP contribution in [0.15, 0.2) is 65.1 Å². The van der Waals surface area contributed by atoms with Crippen molar-refractivity contribution in [2.75, 3.05) is 34.0 Å². The van der Waals surface area contributed by atoms with Gasteiger partial charge in [0.25, 0.3) is 5.91 Å². The summed E-state index contributed by atoms with van der Waals surface area (Å²) in [5.41, 5.74) is 0.101. The fourth-order valence-electron chi connectivity index (χ4n) is 4.71. The first kappa shape index (κ1) is 23.7. The van der Waals surface area contributed by atoms with Gasteiger partial charge in [0, 0.05) is 25.8 Å². The molecular formula is C28H28N2O6. The lowest BCUT2D eigenvalue weighted by Crippen LogP contribution is -2.61. The van der Waals surface area contributed by atoms with E-state index in [-0.39, 0.29) is 38.0 Å². The van der Waals surface area contributed by atoms with Crippen LogP contribution in [0.5, 0.6) is 11.5 Å². The molecule has 0 spiro atoms. The molecule has 4 aromatic rings. The Morgan fingerprint density at radius 2 is 1.81 bits per heavy atom. The van der Waals surface area contributed by atoms with E-state index in [0.29, 0.717) is 22.5 Å². The van der Waals surface area contributed by atoms with E-state index in [4.69, 9.17) is 18.6 Å². The summed E-state index contributed by atoms with van der Waals surface area (Å²) in [7, 11) is 3.15. The molecule has 8 heteroatoms. The lowest BCUT2D eigenvalue weighted by Gasteiger charge is -2.37. The van der Waals surface area contributed by atoms with Crippen molar-refractivity contribution in [1.82, 2.24) is 10.2 Å². The van der Waals surface area contributed by atoms with E-state index in [0.717, 1.165) is 16.3 Å². The van der Waals surface area contributed by atoms with Gasteiger partial charge >= 0.3 is 0 Å². The van der Waals surface area contributed by atoms with Crippen LogP contribution in [0.2, 0.25) is 0 Å². The highest BCUT2D eigenvalue weighted by Crippen LogP contribution is 2.38. The zero-order valence-corrected chi connectivity index (χ0v) is 20.5. The van der Waals surface area contributed by atoms with Crippen molar-refractivity contribution in [3.63, 3.8) is 0 Å². The summed E-state index contributed by atoms with van der Waals surface area (Å²) in [5.74, 6) is 0.339. The third-order valence-corrected chi connectivity index (χ3v) is 6.73. The van der Waals surface area contributed by atoms with Crippen LogP contribution in [-0.2, 0) is 16.1 Å². The average Bonchev–Trinajstić information content (AvgIpc) is 3.24. The molecule has 2 heterocycles. The predicted molar refractivity (Wildman–Crippen MR) is 135 cm³/mol. The van der Waals surface area contributed by atoms with Crippen molar-refractivity contribution in [2.45, 2.75) is 19.0 Å². The number of furan rings is 1. The second-order valence-corrected chi connectivity index (χ2v) is 8.92. The average molecular weight is 489 g/mol. The highest BCUT2D eigenvalue weighted by atomic mass is 16.5. The van der Waals surface area contributed by atoms with Crippen molar-refractivity contribution >= 4 is 33.6 Å². The monoisotopic (exact) mass is 488 g/mol. The first-order valence-electron chi connectivity index (χ1n) is 11.8.